The van der Waals surface area contributed by atoms with Crippen molar-refractivity contribution in [3.8, 4) is 0 Å². The summed E-state index contributed by atoms with van der Waals surface area (Å²) in [4.78, 5) is 34.8. The Morgan fingerprint density at radius 3 is 2.12 bits per heavy atom. The predicted molar refractivity (Wildman–Crippen MR) is 184 cm³/mol. The zero-order valence-corrected chi connectivity index (χ0v) is 27.1. The van der Waals surface area contributed by atoms with Crippen LogP contribution in [-0.2, 0) is 4.84 Å². The highest BCUT2D eigenvalue weighted by molar-refractivity contribution is 8.03. The molecule has 3 rings (SSSR count). The third-order valence-electron chi connectivity index (χ3n) is 6.37. The molecule has 0 bridgehead atoms. The number of carbonyl (C=O) groups excluding carboxylic acids is 2. The van der Waals surface area contributed by atoms with Crippen molar-refractivity contribution in [3.63, 3.8) is 0 Å². The minimum absolute atomic E-state index is 0.000865. The second kappa shape index (κ2) is 19.1. The van der Waals surface area contributed by atoms with Crippen molar-refractivity contribution in [2.45, 2.75) is 55.7 Å². The van der Waals surface area contributed by atoms with E-state index in [1.165, 1.54) is 0 Å². The van der Waals surface area contributed by atoms with Gasteiger partial charge in [0.05, 0.1) is 0 Å². The molecule has 0 aliphatic heterocycles. The minimum atomic E-state index is -0.134. The minimum Gasteiger partial charge on any atom is -0.395 e. The maximum atomic E-state index is 13.4. The normalized spacial score (nSPS) is 12.2. The second-order valence-electron chi connectivity index (χ2n) is 9.74. The molecule has 0 unspecified atom stereocenters. The van der Waals surface area contributed by atoms with Crippen molar-refractivity contribution in [3.05, 3.63) is 130 Å². The number of hydrogen-bond acceptors (Lipinski definition) is 6. The second-order valence-corrected chi connectivity index (χ2v) is 12.7. The molecular formula is C36H38ClNO3S2. The molecule has 224 valence electrons. The van der Waals surface area contributed by atoms with Crippen LogP contribution in [0, 0.1) is 0 Å². The van der Waals surface area contributed by atoms with Gasteiger partial charge in [0.15, 0.2) is 5.78 Å². The van der Waals surface area contributed by atoms with Crippen LogP contribution in [0.3, 0.4) is 0 Å². The van der Waals surface area contributed by atoms with E-state index in [2.05, 4.69) is 18.7 Å². The van der Waals surface area contributed by atoms with Crippen LogP contribution in [0.1, 0.15) is 72.2 Å². The van der Waals surface area contributed by atoms with Gasteiger partial charge in [0, 0.05) is 43.7 Å². The van der Waals surface area contributed by atoms with Crippen LogP contribution in [0.2, 0.25) is 0 Å². The van der Waals surface area contributed by atoms with Crippen LogP contribution in [0.25, 0.3) is 0 Å². The van der Waals surface area contributed by atoms with Crippen LogP contribution in [0.4, 0.5) is 0 Å². The highest BCUT2D eigenvalue weighted by atomic mass is 35.5. The van der Waals surface area contributed by atoms with Gasteiger partial charge in [-0.25, -0.2) is 0 Å². The molecule has 43 heavy (non-hydrogen) atoms. The monoisotopic (exact) mass is 631 g/mol. The van der Waals surface area contributed by atoms with Crippen molar-refractivity contribution in [2.24, 2.45) is 5.16 Å². The van der Waals surface area contributed by atoms with E-state index in [4.69, 9.17) is 16.4 Å². The average Bonchev–Trinajstić information content (AvgIpc) is 3.04. The molecule has 0 aliphatic carbocycles. The molecule has 0 heterocycles. The molecule has 0 N–H and O–H groups in total. The van der Waals surface area contributed by atoms with Gasteiger partial charge in [0.2, 0.25) is 5.78 Å². The molecular weight excluding hydrogens is 594 g/mol. The summed E-state index contributed by atoms with van der Waals surface area (Å²) in [6.07, 6.45) is 10.1. The van der Waals surface area contributed by atoms with E-state index in [0.29, 0.717) is 46.2 Å². The van der Waals surface area contributed by atoms with Gasteiger partial charge in [-0.15, -0.1) is 11.8 Å². The number of allylic oxidation sites excluding steroid dienone is 5. The van der Waals surface area contributed by atoms with Crippen LogP contribution in [-0.4, -0.2) is 29.6 Å². The molecule has 3 aromatic rings. The van der Waals surface area contributed by atoms with E-state index in [1.807, 2.05) is 91.9 Å². The number of rotatable bonds is 18. The van der Waals surface area contributed by atoms with Gasteiger partial charge in [0.25, 0.3) is 0 Å². The number of carbonyl (C=O) groups is 2. The Morgan fingerprint density at radius 2 is 1.49 bits per heavy atom. The Morgan fingerprint density at radius 1 is 0.860 bits per heavy atom. The molecule has 0 aliphatic rings. The number of benzene rings is 3. The van der Waals surface area contributed by atoms with Crippen LogP contribution in [0.5, 0.6) is 0 Å². The Labute approximate surface area is 269 Å². The number of Topliss-reactive ketones (excluding diaryl/α,β-unsaturated/α-hetero) is 1. The highest BCUT2D eigenvalue weighted by Crippen LogP contribution is 2.29. The first-order valence-electron chi connectivity index (χ1n) is 14.4. The summed E-state index contributed by atoms with van der Waals surface area (Å²) < 4.78 is 0. The maximum absolute atomic E-state index is 13.4. The molecule has 0 saturated carbocycles. The van der Waals surface area contributed by atoms with Gasteiger partial charge in [-0.05, 0) is 79.3 Å². The molecule has 0 fully saturated rings. The first-order chi connectivity index (χ1) is 20.9. The van der Waals surface area contributed by atoms with Gasteiger partial charge >= 0.3 is 0 Å². The quantitative estimate of drug-likeness (QED) is 0.0459. The topological polar surface area (TPSA) is 55.7 Å². The lowest BCUT2D eigenvalue weighted by molar-refractivity contribution is 0.103. The predicted octanol–water partition coefficient (Wildman–Crippen LogP) is 10.5. The molecule has 7 heteroatoms. The summed E-state index contributed by atoms with van der Waals surface area (Å²) in [6.45, 7) is 8.32. The molecule has 0 radical (unpaired) electrons. The van der Waals surface area contributed by atoms with E-state index < -0.39 is 0 Å². The summed E-state index contributed by atoms with van der Waals surface area (Å²) >= 11 is 9.21. The maximum Gasteiger partial charge on any atom is 0.210 e. The lowest BCUT2D eigenvalue weighted by Crippen LogP contribution is -2.16. The molecule has 0 spiro atoms. The third-order valence-corrected chi connectivity index (χ3v) is 8.67. The third kappa shape index (κ3) is 12.1. The zero-order chi connectivity index (χ0) is 30.9. The molecule has 0 atom stereocenters. The van der Waals surface area contributed by atoms with Crippen LogP contribution >= 0.6 is 35.1 Å². The summed E-state index contributed by atoms with van der Waals surface area (Å²) in [5.41, 5.74) is 2.30. The molecule has 0 saturated heterocycles. The van der Waals surface area contributed by atoms with Crippen molar-refractivity contribution < 1.29 is 14.4 Å². The average molecular weight is 632 g/mol. The fourth-order valence-corrected chi connectivity index (χ4v) is 5.61. The number of halogens is 1. The van der Waals surface area contributed by atoms with Crippen molar-refractivity contribution in [1.82, 2.24) is 0 Å². The van der Waals surface area contributed by atoms with E-state index >= 15 is 0 Å². The SMILES string of the molecule is C=C/C(Cl)=C\C=C(/C)SCC/C(=N\OCCCCCC)C(=O)c1ccc(Sc2ccc(C(=O)c3ccccc3)cc2)cc1. The number of ketones is 2. The van der Waals surface area contributed by atoms with Crippen molar-refractivity contribution in [2.75, 3.05) is 12.4 Å². The molecule has 3 aromatic carbocycles. The number of nitrogens with zero attached hydrogens (tertiary/aromatic N) is 1. The lowest BCUT2D eigenvalue weighted by Gasteiger charge is -2.08. The van der Waals surface area contributed by atoms with Crippen LogP contribution < -0.4 is 0 Å². The lowest BCUT2D eigenvalue weighted by atomic mass is 10.0. The van der Waals surface area contributed by atoms with Gasteiger partial charge in [0.1, 0.15) is 12.3 Å². The Hall–Kier alpha value is -3.32. The fourth-order valence-electron chi connectivity index (χ4n) is 3.95. The largest absolute Gasteiger partial charge is 0.395 e. The van der Waals surface area contributed by atoms with Gasteiger partial charge in [-0.2, -0.15) is 0 Å². The summed E-state index contributed by atoms with van der Waals surface area (Å²) in [6, 6.07) is 24.4. The Balaban J connectivity index is 1.63. The molecule has 4 nitrogen and oxygen atoms in total. The van der Waals surface area contributed by atoms with Crippen molar-refractivity contribution >= 4 is 52.4 Å². The number of thioether (sulfide) groups is 1. The molecule has 0 aromatic heterocycles. The van der Waals surface area contributed by atoms with Crippen molar-refractivity contribution in [1.29, 1.82) is 0 Å². The summed E-state index contributed by atoms with van der Waals surface area (Å²) in [5, 5.41) is 4.85. The molecule has 0 amide bonds. The Bertz CT molecular complexity index is 1430. The van der Waals surface area contributed by atoms with Gasteiger partial charge < -0.3 is 4.84 Å². The number of unbranched alkanes of at least 4 members (excludes halogenated alkanes) is 3. The standard InChI is InChI=1S/C36H38ClNO3S2/c1-4-6-7-11-25-41-38-34(24-26-42-27(3)14-19-31(37)5-2)36(40)30-17-22-33(23-18-30)43-32-20-15-29(16-21-32)35(39)28-12-9-8-10-13-28/h5,8-10,12-23H,2,4,6-7,11,24-26H2,1,3H3/b27-14+,31-19+,38-34+. The van der Waals surface area contributed by atoms with E-state index in [9.17, 15) is 9.59 Å². The zero-order valence-electron chi connectivity index (χ0n) is 24.8. The van der Waals surface area contributed by atoms with Gasteiger partial charge in [-0.3, -0.25) is 9.59 Å². The fraction of sp³-hybridized carbons (Fsp3) is 0.250. The van der Waals surface area contributed by atoms with E-state index in [1.54, 1.807) is 35.7 Å². The first kappa shape index (κ1) is 34.2. The summed E-state index contributed by atoms with van der Waals surface area (Å²) in [7, 11) is 0. The van der Waals surface area contributed by atoms with Gasteiger partial charge in [-0.1, -0.05) is 97.3 Å². The van der Waals surface area contributed by atoms with Crippen LogP contribution in [0.15, 0.2) is 129 Å². The smallest absolute Gasteiger partial charge is 0.210 e. The first-order valence-corrected chi connectivity index (χ1v) is 16.6. The van der Waals surface area contributed by atoms with E-state index in [0.717, 1.165) is 40.4 Å². The summed E-state index contributed by atoms with van der Waals surface area (Å²) in [5.74, 6) is 0.550. The highest BCUT2D eigenvalue weighted by Gasteiger charge is 2.16. The Kier molecular flexibility index (Phi) is 15.1. The number of hydrogen-bond donors (Lipinski definition) is 0. The number of oxime groups is 1. The van der Waals surface area contributed by atoms with E-state index in [-0.39, 0.29) is 11.6 Å².